The molecule has 37 heavy (non-hydrogen) atoms. The molecule has 0 saturated carbocycles. The van der Waals surface area contributed by atoms with Crippen molar-refractivity contribution >= 4 is 44.8 Å². The number of nitrogens with one attached hydrogen (secondary N) is 1. The summed E-state index contributed by atoms with van der Waals surface area (Å²) in [7, 11) is -1.34. The van der Waals surface area contributed by atoms with Crippen molar-refractivity contribution in [3.63, 3.8) is 0 Å². The molecule has 1 N–H and O–H groups in total. The van der Waals surface area contributed by atoms with Crippen molar-refractivity contribution in [1.29, 1.82) is 5.26 Å². The van der Waals surface area contributed by atoms with Gasteiger partial charge in [-0.05, 0) is 30.7 Å². The summed E-state index contributed by atoms with van der Waals surface area (Å²) in [4.78, 5) is 27.9. The predicted octanol–water partition coefficient (Wildman–Crippen LogP) is 3.38. The number of fused-ring (bicyclic) bond motifs is 2. The number of aromatic amines is 1. The highest BCUT2D eigenvalue weighted by molar-refractivity contribution is 7.84. The summed E-state index contributed by atoms with van der Waals surface area (Å²) in [5.41, 5.74) is 0.445. The standard InChI is InChI=1S/C24H18ClFN8O2S/c1-37(36)18-10-28-21-19(18)23(30-12-29-21)32-11-13(9-27)7-17(32)22-31-33-6-5-16(25)20(33)24(35)34(22)15-4-2-3-14(26)8-15/h2-6,8,10,12-13,17H,7,11H2,1H3,(H,28,29,30)/t13-,17+,37?/m1/s1. The molecule has 1 unspecified atom stereocenters. The lowest BCUT2D eigenvalue weighted by molar-refractivity contribution is 0.584. The fourth-order valence-electron chi connectivity index (χ4n) is 4.90. The molecule has 3 atom stereocenters. The third kappa shape index (κ3) is 3.70. The Labute approximate surface area is 216 Å². The zero-order chi connectivity index (χ0) is 25.8. The molecule has 0 aliphatic carbocycles. The van der Waals surface area contributed by atoms with Crippen molar-refractivity contribution in [2.45, 2.75) is 17.4 Å². The van der Waals surface area contributed by atoms with E-state index >= 15 is 0 Å². The minimum atomic E-state index is -1.34. The number of hydrogen-bond donors (Lipinski definition) is 1. The fourth-order valence-corrected chi connectivity index (χ4v) is 5.82. The van der Waals surface area contributed by atoms with Gasteiger partial charge in [0.1, 0.15) is 29.1 Å². The molecule has 0 bridgehead atoms. The Hall–Kier alpha value is -4.08. The van der Waals surface area contributed by atoms with Crippen LogP contribution in [0.4, 0.5) is 10.2 Å². The van der Waals surface area contributed by atoms with Crippen molar-refractivity contribution in [3.8, 4) is 11.8 Å². The molecule has 1 saturated heterocycles. The topological polar surface area (TPSA) is 125 Å². The first kappa shape index (κ1) is 23.3. The van der Waals surface area contributed by atoms with Gasteiger partial charge in [-0.1, -0.05) is 17.7 Å². The van der Waals surface area contributed by atoms with Crippen molar-refractivity contribution in [2.75, 3.05) is 17.7 Å². The average Bonchev–Trinajstić information content (AvgIpc) is 3.60. The van der Waals surface area contributed by atoms with E-state index in [2.05, 4.69) is 21.0 Å². The molecule has 13 heteroatoms. The van der Waals surface area contributed by atoms with Gasteiger partial charge in [0.25, 0.3) is 5.56 Å². The van der Waals surface area contributed by atoms with Gasteiger partial charge in [0.15, 0.2) is 5.82 Å². The van der Waals surface area contributed by atoms with Gasteiger partial charge < -0.3 is 9.88 Å². The summed E-state index contributed by atoms with van der Waals surface area (Å²) in [5.74, 6) is -0.180. The van der Waals surface area contributed by atoms with E-state index in [1.807, 2.05) is 4.90 Å². The van der Waals surface area contributed by atoms with E-state index in [9.17, 15) is 18.7 Å². The zero-order valence-corrected chi connectivity index (χ0v) is 20.9. The Bertz CT molecular complexity index is 1820. The van der Waals surface area contributed by atoms with E-state index in [1.165, 1.54) is 33.6 Å². The SMILES string of the molecule is CS(=O)c1c[nH]c2ncnc(N3C[C@@H](C#N)C[C@H]3c3nn4ccc(Cl)c4c(=O)n3-c3cccc(F)c3)c12. The highest BCUT2D eigenvalue weighted by Crippen LogP contribution is 2.41. The van der Waals surface area contributed by atoms with E-state index in [4.69, 9.17) is 16.7 Å². The Kier molecular flexibility index (Phi) is 5.54. The van der Waals surface area contributed by atoms with Crippen LogP contribution in [0.25, 0.3) is 22.2 Å². The maximum absolute atomic E-state index is 14.3. The molecule has 0 spiro atoms. The Morgan fingerprint density at radius 2 is 2.14 bits per heavy atom. The Morgan fingerprint density at radius 3 is 2.89 bits per heavy atom. The molecule has 5 heterocycles. The molecule has 0 amide bonds. The third-order valence-electron chi connectivity index (χ3n) is 6.51. The van der Waals surface area contributed by atoms with Crippen molar-refractivity contribution < 1.29 is 8.60 Å². The van der Waals surface area contributed by atoms with Gasteiger partial charge in [0, 0.05) is 25.2 Å². The monoisotopic (exact) mass is 536 g/mol. The summed E-state index contributed by atoms with van der Waals surface area (Å²) in [6.45, 7) is 0.289. The highest BCUT2D eigenvalue weighted by Gasteiger charge is 2.39. The maximum atomic E-state index is 14.3. The van der Waals surface area contributed by atoms with Gasteiger partial charge in [0.2, 0.25) is 0 Å². The van der Waals surface area contributed by atoms with E-state index in [-0.39, 0.29) is 28.6 Å². The number of halogens is 2. The van der Waals surface area contributed by atoms with Gasteiger partial charge in [-0.2, -0.15) is 10.4 Å². The second-order valence-electron chi connectivity index (χ2n) is 8.69. The van der Waals surface area contributed by atoms with E-state index < -0.39 is 34.1 Å². The first-order valence-electron chi connectivity index (χ1n) is 11.2. The molecule has 0 radical (unpaired) electrons. The van der Waals surface area contributed by atoms with Crippen LogP contribution in [0.3, 0.4) is 0 Å². The predicted molar refractivity (Wildman–Crippen MR) is 136 cm³/mol. The van der Waals surface area contributed by atoms with Crippen LogP contribution in [0, 0.1) is 23.1 Å². The smallest absolute Gasteiger partial charge is 0.284 e. The number of H-pyrrole nitrogens is 1. The summed E-state index contributed by atoms with van der Waals surface area (Å²) < 4.78 is 29.5. The molecular weight excluding hydrogens is 519 g/mol. The minimum Gasteiger partial charge on any atom is -0.345 e. The van der Waals surface area contributed by atoms with Gasteiger partial charge in [0.05, 0.1) is 49.8 Å². The van der Waals surface area contributed by atoms with Gasteiger partial charge in [-0.25, -0.2) is 18.9 Å². The van der Waals surface area contributed by atoms with E-state index in [0.29, 0.717) is 28.2 Å². The van der Waals surface area contributed by atoms with E-state index in [1.54, 1.807) is 30.8 Å². The van der Waals surface area contributed by atoms with E-state index in [0.717, 1.165) is 0 Å². The number of rotatable bonds is 4. The normalized spacial score (nSPS) is 18.5. The number of benzene rings is 1. The lowest BCUT2D eigenvalue weighted by atomic mass is 10.1. The molecular formula is C24H18ClFN8O2S. The molecule has 1 fully saturated rings. The Balaban J connectivity index is 1.64. The van der Waals surface area contributed by atoms with Crippen LogP contribution in [0.5, 0.6) is 0 Å². The molecule has 6 rings (SSSR count). The summed E-state index contributed by atoms with van der Waals surface area (Å²) in [5, 5.41) is 15.3. The van der Waals surface area contributed by atoms with Crippen molar-refractivity contribution in [1.82, 2.24) is 29.1 Å². The molecule has 10 nitrogen and oxygen atoms in total. The largest absolute Gasteiger partial charge is 0.345 e. The van der Waals surface area contributed by atoms with Gasteiger partial charge in [-0.15, -0.1) is 0 Å². The summed E-state index contributed by atoms with van der Waals surface area (Å²) in [6.07, 6.45) is 6.48. The summed E-state index contributed by atoms with van der Waals surface area (Å²) >= 11 is 6.30. The lowest BCUT2D eigenvalue weighted by Crippen LogP contribution is -2.33. The molecule has 1 aliphatic rings. The molecule has 1 aromatic carbocycles. The lowest BCUT2D eigenvalue weighted by Gasteiger charge is -2.27. The van der Waals surface area contributed by atoms with Gasteiger partial charge in [-0.3, -0.25) is 13.6 Å². The van der Waals surface area contributed by atoms with Crippen LogP contribution < -0.4 is 10.5 Å². The number of nitriles is 1. The van der Waals surface area contributed by atoms with Crippen LogP contribution in [0.1, 0.15) is 18.3 Å². The van der Waals surface area contributed by atoms with Crippen molar-refractivity contribution in [3.05, 3.63) is 76.1 Å². The second-order valence-corrected chi connectivity index (χ2v) is 10.4. The van der Waals surface area contributed by atoms with Crippen LogP contribution >= 0.6 is 11.6 Å². The van der Waals surface area contributed by atoms with Crippen LogP contribution in [-0.2, 0) is 10.8 Å². The maximum Gasteiger partial charge on any atom is 0.284 e. The number of nitrogens with zero attached hydrogens (tertiary/aromatic N) is 7. The van der Waals surface area contributed by atoms with Crippen LogP contribution in [0.15, 0.2) is 58.7 Å². The van der Waals surface area contributed by atoms with Crippen molar-refractivity contribution in [2.24, 2.45) is 5.92 Å². The first-order valence-corrected chi connectivity index (χ1v) is 13.2. The number of aromatic nitrogens is 6. The second kappa shape index (κ2) is 8.79. The highest BCUT2D eigenvalue weighted by atomic mass is 35.5. The fraction of sp³-hybridized carbons (Fsp3) is 0.208. The molecule has 4 aromatic heterocycles. The molecule has 5 aromatic rings. The van der Waals surface area contributed by atoms with Crippen LogP contribution in [0.2, 0.25) is 5.02 Å². The minimum absolute atomic E-state index is 0.148. The quantitative estimate of drug-likeness (QED) is 0.373. The number of anilines is 1. The average molecular weight is 537 g/mol. The van der Waals surface area contributed by atoms with Crippen LogP contribution in [-0.4, -0.2) is 46.1 Å². The molecule has 186 valence electrons. The number of hydrogen-bond acceptors (Lipinski definition) is 7. The zero-order valence-electron chi connectivity index (χ0n) is 19.3. The van der Waals surface area contributed by atoms with Gasteiger partial charge >= 0.3 is 0 Å². The Morgan fingerprint density at radius 1 is 1.30 bits per heavy atom. The summed E-state index contributed by atoms with van der Waals surface area (Å²) in [6, 6.07) is 8.92. The first-order chi connectivity index (χ1) is 17.9. The third-order valence-corrected chi connectivity index (χ3v) is 7.75. The molecule has 1 aliphatic heterocycles.